The van der Waals surface area contributed by atoms with Gasteiger partial charge in [-0.3, -0.25) is 9.47 Å². The molecular weight excluding hydrogens is 357 g/mol. The molecule has 0 fully saturated rings. The van der Waals surface area contributed by atoms with Gasteiger partial charge < -0.3 is 4.74 Å². The van der Waals surface area contributed by atoms with Crippen LogP contribution in [0.25, 0.3) is 0 Å². The Hall–Kier alpha value is -3.15. The van der Waals surface area contributed by atoms with Crippen molar-refractivity contribution >= 4 is 11.7 Å². The highest BCUT2D eigenvalue weighted by molar-refractivity contribution is 5.95. The van der Waals surface area contributed by atoms with Gasteiger partial charge in [-0.25, -0.2) is 14.2 Å². The monoisotopic (exact) mass is 381 g/mol. The number of amides is 1. The lowest BCUT2D eigenvalue weighted by Crippen LogP contribution is -2.42. The second kappa shape index (κ2) is 8.69. The Balaban J connectivity index is 0.00000109. The largest absolute Gasteiger partial charge is 0.487 e. The van der Waals surface area contributed by atoms with E-state index < -0.39 is 0 Å². The van der Waals surface area contributed by atoms with Crippen LogP contribution in [-0.4, -0.2) is 22.1 Å². The topological polar surface area (TPSA) is 47.4 Å². The summed E-state index contributed by atoms with van der Waals surface area (Å²) in [5.74, 6) is 1.17. The molecule has 146 valence electrons. The molecular formula is C22H24FN3O2. The molecule has 3 aromatic rings. The van der Waals surface area contributed by atoms with Crippen LogP contribution >= 0.6 is 0 Å². The molecule has 2 heterocycles. The number of hydrogen-bond acceptors (Lipinski definition) is 3. The van der Waals surface area contributed by atoms with Gasteiger partial charge in [0.25, 0.3) is 0 Å². The smallest absolute Gasteiger partial charge is 0.334 e. The van der Waals surface area contributed by atoms with Gasteiger partial charge >= 0.3 is 6.03 Å². The number of halogens is 1. The number of rotatable bonds is 4. The van der Waals surface area contributed by atoms with Crippen LogP contribution < -0.4 is 9.64 Å². The molecule has 0 bridgehead atoms. The lowest BCUT2D eigenvalue weighted by atomic mass is 10.2. The van der Waals surface area contributed by atoms with E-state index in [0.717, 1.165) is 23.0 Å². The summed E-state index contributed by atoms with van der Waals surface area (Å²) in [5, 5.41) is 0. The summed E-state index contributed by atoms with van der Waals surface area (Å²) in [6, 6.07) is 15.3. The van der Waals surface area contributed by atoms with Crippen LogP contribution in [0, 0.1) is 12.7 Å². The zero-order chi connectivity index (χ0) is 20.1. The van der Waals surface area contributed by atoms with Crippen molar-refractivity contribution in [3.8, 4) is 5.75 Å². The number of para-hydroxylation sites is 1. The number of nitrogens with zero attached hydrogens (tertiary/aromatic N) is 3. The van der Waals surface area contributed by atoms with Gasteiger partial charge in [0.15, 0.2) is 0 Å². The highest BCUT2D eigenvalue weighted by Gasteiger charge is 2.29. The molecule has 0 saturated heterocycles. The number of benzene rings is 2. The predicted octanol–water partition coefficient (Wildman–Crippen LogP) is 4.97. The molecule has 0 unspecified atom stereocenters. The molecule has 5 nitrogen and oxygen atoms in total. The summed E-state index contributed by atoms with van der Waals surface area (Å²) in [6.07, 6.45) is 0.634. The highest BCUT2D eigenvalue weighted by Crippen LogP contribution is 2.24. The second-order valence-electron chi connectivity index (χ2n) is 6.16. The summed E-state index contributed by atoms with van der Waals surface area (Å²) >= 11 is 0. The fourth-order valence-corrected chi connectivity index (χ4v) is 3.12. The van der Waals surface area contributed by atoms with Crippen LogP contribution in [0.3, 0.4) is 0 Å². The fraction of sp³-hybridized carbons (Fsp3) is 0.273. The van der Waals surface area contributed by atoms with E-state index in [1.807, 2.05) is 51.1 Å². The van der Waals surface area contributed by atoms with Crippen molar-refractivity contribution in [1.29, 1.82) is 0 Å². The predicted molar refractivity (Wildman–Crippen MR) is 107 cm³/mol. The normalized spacial score (nSPS) is 12.9. The maximum Gasteiger partial charge on any atom is 0.334 e. The van der Waals surface area contributed by atoms with Gasteiger partial charge in [0.05, 0.1) is 11.4 Å². The lowest BCUT2D eigenvalue weighted by Gasteiger charge is -2.28. The van der Waals surface area contributed by atoms with E-state index in [1.54, 1.807) is 21.6 Å². The van der Waals surface area contributed by atoms with Gasteiger partial charge in [-0.15, -0.1) is 0 Å². The Bertz CT molecular complexity index is 936. The summed E-state index contributed by atoms with van der Waals surface area (Å²) < 4.78 is 20.5. The van der Waals surface area contributed by atoms with E-state index in [-0.39, 0.29) is 11.8 Å². The minimum Gasteiger partial charge on any atom is -0.487 e. The van der Waals surface area contributed by atoms with Crippen LogP contribution in [0.2, 0.25) is 0 Å². The van der Waals surface area contributed by atoms with Crippen molar-refractivity contribution in [3.05, 3.63) is 77.6 Å². The van der Waals surface area contributed by atoms with E-state index in [9.17, 15) is 9.18 Å². The van der Waals surface area contributed by atoms with Gasteiger partial charge in [-0.05, 0) is 43.3 Å². The molecule has 0 aliphatic carbocycles. The number of carbonyl (C=O) groups is 1. The summed E-state index contributed by atoms with van der Waals surface area (Å²) in [5.41, 5.74) is 2.20. The number of anilines is 1. The van der Waals surface area contributed by atoms with E-state index >= 15 is 0 Å². The number of imidazole rings is 1. The van der Waals surface area contributed by atoms with Crippen LogP contribution in [0.15, 0.2) is 54.6 Å². The van der Waals surface area contributed by atoms with E-state index in [4.69, 9.17) is 4.74 Å². The molecule has 0 atom stereocenters. The van der Waals surface area contributed by atoms with Crippen LogP contribution in [-0.2, 0) is 13.0 Å². The number of aromatic nitrogens is 2. The first-order chi connectivity index (χ1) is 13.6. The van der Waals surface area contributed by atoms with Gasteiger partial charge in [-0.2, -0.15) is 0 Å². The Labute approximate surface area is 164 Å². The minimum atomic E-state index is -0.321. The number of hydrogen-bond donors (Lipinski definition) is 0. The zero-order valence-electron chi connectivity index (χ0n) is 16.4. The van der Waals surface area contributed by atoms with Crippen molar-refractivity contribution in [2.45, 2.75) is 33.8 Å². The van der Waals surface area contributed by atoms with Crippen molar-refractivity contribution in [2.75, 3.05) is 11.4 Å². The summed E-state index contributed by atoms with van der Waals surface area (Å²) in [7, 11) is 0. The Morgan fingerprint density at radius 1 is 1.07 bits per heavy atom. The van der Waals surface area contributed by atoms with Crippen LogP contribution in [0.1, 0.15) is 31.1 Å². The molecule has 1 aliphatic heterocycles. The summed E-state index contributed by atoms with van der Waals surface area (Å²) in [4.78, 5) is 19.2. The van der Waals surface area contributed by atoms with Crippen molar-refractivity contribution in [3.63, 3.8) is 0 Å². The molecule has 1 aliphatic rings. The Morgan fingerprint density at radius 3 is 2.43 bits per heavy atom. The molecule has 0 spiro atoms. The maximum absolute atomic E-state index is 13.1. The SMILES string of the molecule is CC.Cc1c(COc2ccccc2)nc2n1C(=O)N(c1ccc(F)cc1)CC2. The first-order valence-corrected chi connectivity index (χ1v) is 9.46. The molecule has 4 rings (SSSR count). The van der Waals surface area contributed by atoms with Crippen molar-refractivity contribution < 1.29 is 13.9 Å². The standard InChI is InChI=1S/C20H18FN3O2.C2H6/c1-14-18(13-26-17-5-3-2-4-6-17)22-19-11-12-23(20(25)24(14)19)16-9-7-15(21)8-10-16;1-2/h2-10H,11-13H2,1H3;1-2H3. The van der Waals surface area contributed by atoms with Gasteiger partial charge in [0.1, 0.15) is 24.0 Å². The molecule has 6 heteroatoms. The summed E-state index contributed by atoms with van der Waals surface area (Å²) in [6.45, 7) is 6.69. The van der Waals surface area contributed by atoms with E-state index in [1.165, 1.54) is 12.1 Å². The molecule has 28 heavy (non-hydrogen) atoms. The Morgan fingerprint density at radius 2 is 1.75 bits per heavy atom. The van der Waals surface area contributed by atoms with Gasteiger partial charge in [0.2, 0.25) is 0 Å². The lowest BCUT2D eigenvalue weighted by molar-refractivity contribution is 0.244. The molecule has 1 aromatic heterocycles. The molecule has 0 radical (unpaired) electrons. The van der Waals surface area contributed by atoms with Gasteiger partial charge in [-0.1, -0.05) is 32.0 Å². The maximum atomic E-state index is 13.1. The molecule has 1 amide bonds. The third-order valence-corrected chi connectivity index (χ3v) is 4.51. The first-order valence-electron chi connectivity index (χ1n) is 9.46. The average Bonchev–Trinajstić information content (AvgIpc) is 3.06. The minimum absolute atomic E-state index is 0.172. The number of ether oxygens (including phenoxy) is 1. The molecule has 0 N–H and O–H groups in total. The molecule has 2 aromatic carbocycles. The van der Waals surface area contributed by atoms with Gasteiger partial charge in [0, 0.05) is 18.7 Å². The third kappa shape index (κ3) is 3.91. The van der Waals surface area contributed by atoms with Crippen LogP contribution in [0.4, 0.5) is 14.9 Å². The number of carbonyl (C=O) groups excluding carboxylic acids is 1. The zero-order valence-corrected chi connectivity index (χ0v) is 16.4. The number of fused-ring (bicyclic) bond motifs is 1. The second-order valence-corrected chi connectivity index (χ2v) is 6.16. The average molecular weight is 381 g/mol. The fourth-order valence-electron chi connectivity index (χ4n) is 3.12. The highest BCUT2D eigenvalue weighted by atomic mass is 19.1. The van der Waals surface area contributed by atoms with Crippen molar-refractivity contribution in [1.82, 2.24) is 9.55 Å². The van der Waals surface area contributed by atoms with Crippen LogP contribution in [0.5, 0.6) is 5.75 Å². The quantitative estimate of drug-likeness (QED) is 0.641. The van der Waals surface area contributed by atoms with Crippen molar-refractivity contribution in [2.24, 2.45) is 0 Å². The Kier molecular flexibility index (Phi) is 6.09. The molecule has 0 saturated carbocycles. The third-order valence-electron chi connectivity index (χ3n) is 4.51. The first kappa shape index (κ1) is 19.6. The van der Waals surface area contributed by atoms with E-state index in [2.05, 4.69) is 4.98 Å². The van der Waals surface area contributed by atoms with E-state index in [0.29, 0.717) is 25.3 Å².